The number of hydrogen-bond donors (Lipinski definition) is 2. The first kappa shape index (κ1) is 19.5. The van der Waals surface area contributed by atoms with Crippen molar-refractivity contribution in [2.45, 2.75) is 48.0 Å². The molecule has 0 aliphatic carbocycles. The lowest BCUT2D eigenvalue weighted by Gasteiger charge is -2.24. The highest BCUT2D eigenvalue weighted by atomic mass is 35.5. The van der Waals surface area contributed by atoms with Gasteiger partial charge in [0.05, 0.1) is 10.7 Å². The Morgan fingerprint density at radius 3 is 2.30 bits per heavy atom. The summed E-state index contributed by atoms with van der Waals surface area (Å²) in [5, 5.41) is 6.10. The van der Waals surface area contributed by atoms with Crippen LogP contribution < -0.4 is 10.6 Å². The number of benzene rings is 1. The van der Waals surface area contributed by atoms with Crippen molar-refractivity contribution in [1.29, 1.82) is 0 Å². The van der Waals surface area contributed by atoms with E-state index in [1.165, 1.54) is 0 Å². The van der Waals surface area contributed by atoms with E-state index in [9.17, 15) is 9.59 Å². The molecule has 1 rings (SSSR count). The SMILES string of the molecule is Cc1cc(C)c(NC(=O)C(C)(C)C(=O)NCCC(C)C)c(Cl)c1. The molecule has 1 aromatic rings. The van der Waals surface area contributed by atoms with Crippen molar-refractivity contribution in [3.05, 3.63) is 28.3 Å². The fourth-order valence-electron chi connectivity index (χ4n) is 2.14. The Hall–Kier alpha value is -1.55. The zero-order valence-electron chi connectivity index (χ0n) is 14.8. The molecular weight excluding hydrogens is 312 g/mol. The molecule has 0 aliphatic heterocycles. The molecule has 0 aromatic heterocycles. The maximum atomic E-state index is 12.5. The summed E-state index contributed by atoms with van der Waals surface area (Å²) in [5.41, 5.74) is 1.29. The average molecular weight is 339 g/mol. The Labute approximate surface area is 144 Å². The average Bonchev–Trinajstić information content (AvgIpc) is 2.41. The van der Waals surface area contributed by atoms with Gasteiger partial charge in [-0.05, 0) is 57.2 Å². The first-order valence-electron chi connectivity index (χ1n) is 7.92. The highest BCUT2D eigenvalue weighted by Gasteiger charge is 2.36. The molecule has 2 N–H and O–H groups in total. The second-order valence-corrected chi connectivity index (χ2v) is 7.36. The number of anilines is 1. The van der Waals surface area contributed by atoms with Gasteiger partial charge in [0.1, 0.15) is 5.41 Å². The van der Waals surface area contributed by atoms with Crippen LogP contribution in [0.15, 0.2) is 12.1 Å². The van der Waals surface area contributed by atoms with Crippen molar-refractivity contribution >= 4 is 29.1 Å². The molecule has 0 radical (unpaired) electrons. The Morgan fingerprint density at radius 1 is 1.17 bits per heavy atom. The smallest absolute Gasteiger partial charge is 0.239 e. The Bertz CT molecular complexity index is 572. The number of rotatable bonds is 6. The lowest BCUT2D eigenvalue weighted by molar-refractivity contribution is -0.138. The number of carbonyl (C=O) groups is 2. The first-order valence-corrected chi connectivity index (χ1v) is 8.30. The molecule has 0 heterocycles. The number of hydrogen-bond acceptors (Lipinski definition) is 2. The van der Waals surface area contributed by atoms with Crippen molar-refractivity contribution in [2.24, 2.45) is 11.3 Å². The molecule has 128 valence electrons. The molecule has 5 heteroatoms. The summed E-state index contributed by atoms with van der Waals surface area (Å²) < 4.78 is 0. The minimum absolute atomic E-state index is 0.281. The van der Waals surface area contributed by atoms with Gasteiger partial charge in [-0.3, -0.25) is 9.59 Å². The molecule has 1 aromatic carbocycles. The molecule has 0 aliphatic rings. The number of amides is 2. The van der Waals surface area contributed by atoms with Crippen molar-refractivity contribution in [2.75, 3.05) is 11.9 Å². The van der Waals surface area contributed by atoms with E-state index in [-0.39, 0.29) is 11.8 Å². The van der Waals surface area contributed by atoms with Crippen LogP contribution >= 0.6 is 11.6 Å². The second-order valence-electron chi connectivity index (χ2n) is 6.96. The fraction of sp³-hybridized carbons (Fsp3) is 0.556. The van der Waals surface area contributed by atoms with Crippen LogP contribution in [0, 0.1) is 25.2 Å². The van der Waals surface area contributed by atoms with E-state index in [0.717, 1.165) is 17.5 Å². The van der Waals surface area contributed by atoms with Crippen LogP contribution in [-0.4, -0.2) is 18.4 Å². The fourth-order valence-corrected chi connectivity index (χ4v) is 2.51. The van der Waals surface area contributed by atoms with E-state index in [0.29, 0.717) is 23.2 Å². The van der Waals surface area contributed by atoms with Gasteiger partial charge < -0.3 is 10.6 Å². The molecule has 0 saturated heterocycles. The maximum Gasteiger partial charge on any atom is 0.239 e. The summed E-state index contributed by atoms with van der Waals surface area (Å²) in [7, 11) is 0. The Morgan fingerprint density at radius 2 is 1.78 bits per heavy atom. The Kier molecular flexibility index (Phi) is 6.63. The van der Waals surface area contributed by atoms with Gasteiger partial charge in [0.25, 0.3) is 0 Å². The van der Waals surface area contributed by atoms with Gasteiger partial charge in [0, 0.05) is 6.54 Å². The molecule has 4 nitrogen and oxygen atoms in total. The van der Waals surface area contributed by atoms with E-state index in [2.05, 4.69) is 24.5 Å². The summed E-state index contributed by atoms with van der Waals surface area (Å²) in [5.74, 6) is -0.147. The first-order chi connectivity index (χ1) is 10.6. The lowest BCUT2D eigenvalue weighted by atomic mass is 9.90. The van der Waals surface area contributed by atoms with E-state index >= 15 is 0 Å². The summed E-state index contributed by atoms with van der Waals surface area (Å²) in [6.07, 6.45) is 0.881. The predicted octanol–water partition coefficient (Wildman–Crippen LogP) is 4.08. The van der Waals surface area contributed by atoms with Crippen molar-refractivity contribution in [3.8, 4) is 0 Å². The topological polar surface area (TPSA) is 58.2 Å². The van der Waals surface area contributed by atoms with Crippen LogP contribution in [0.3, 0.4) is 0 Å². The molecule has 23 heavy (non-hydrogen) atoms. The normalized spacial score (nSPS) is 11.5. The lowest BCUT2D eigenvalue weighted by Crippen LogP contribution is -2.45. The molecule has 0 unspecified atom stereocenters. The van der Waals surface area contributed by atoms with E-state index in [1.54, 1.807) is 19.9 Å². The number of aryl methyl sites for hydroxylation is 2. The van der Waals surface area contributed by atoms with Gasteiger partial charge in [-0.25, -0.2) is 0 Å². The quantitative estimate of drug-likeness (QED) is 0.768. The van der Waals surface area contributed by atoms with Crippen LogP contribution in [0.4, 0.5) is 5.69 Å². The zero-order valence-corrected chi connectivity index (χ0v) is 15.6. The minimum Gasteiger partial charge on any atom is -0.355 e. The number of carbonyl (C=O) groups excluding carboxylic acids is 2. The summed E-state index contributed by atoms with van der Waals surface area (Å²) >= 11 is 6.21. The second kappa shape index (κ2) is 7.82. The van der Waals surface area contributed by atoms with E-state index in [1.807, 2.05) is 19.9 Å². The molecule has 0 saturated carbocycles. The summed E-state index contributed by atoms with van der Waals surface area (Å²) in [6, 6.07) is 3.73. The van der Waals surface area contributed by atoms with Gasteiger partial charge in [-0.1, -0.05) is 31.5 Å². The summed E-state index contributed by atoms with van der Waals surface area (Å²) in [4.78, 5) is 24.8. The Balaban J connectivity index is 2.81. The summed E-state index contributed by atoms with van der Waals surface area (Å²) in [6.45, 7) is 11.8. The van der Waals surface area contributed by atoms with Gasteiger partial charge in [0.15, 0.2) is 0 Å². The van der Waals surface area contributed by atoms with E-state index in [4.69, 9.17) is 11.6 Å². The number of nitrogens with one attached hydrogen (secondary N) is 2. The van der Waals surface area contributed by atoms with Gasteiger partial charge >= 0.3 is 0 Å². The van der Waals surface area contributed by atoms with E-state index < -0.39 is 5.41 Å². The van der Waals surface area contributed by atoms with Crippen LogP contribution in [0.1, 0.15) is 45.2 Å². The molecule has 0 fully saturated rings. The molecule has 2 amide bonds. The van der Waals surface area contributed by atoms with Crippen LogP contribution in [0.25, 0.3) is 0 Å². The van der Waals surface area contributed by atoms with Gasteiger partial charge in [-0.2, -0.15) is 0 Å². The van der Waals surface area contributed by atoms with Gasteiger partial charge in [-0.15, -0.1) is 0 Å². The minimum atomic E-state index is -1.17. The highest BCUT2D eigenvalue weighted by molar-refractivity contribution is 6.34. The van der Waals surface area contributed by atoms with Crippen LogP contribution in [-0.2, 0) is 9.59 Å². The highest BCUT2D eigenvalue weighted by Crippen LogP contribution is 2.29. The van der Waals surface area contributed by atoms with Crippen LogP contribution in [0.5, 0.6) is 0 Å². The number of halogens is 1. The molecular formula is C18H27ClN2O2. The van der Waals surface area contributed by atoms with Crippen molar-refractivity contribution < 1.29 is 9.59 Å². The van der Waals surface area contributed by atoms with Gasteiger partial charge in [0.2, 0.25) is 11.8 Å². The monoisotopic (exact) mass is 338 g/mol. The molecule has 0 spiro atoms. The van der Waals surface area contributed by atoms with Crippen molar-refractivity contribution in [3.63, 3.8) is 0 Å². The molecule has 0 bridgehead atoms. The zero-order chi connectivity index (χ0) is 17.8. The third-order valence-electron chi connectivity index (χ3n) is 3.81. The largest absolute Gasteiger partial charge is 0.355 e. The molecule has 0 atom stereocenters. The predicted molar refractivity (Wildman–Crippen MR) is 95.8 cm³/mol. The van der Waals surface area contributed by atoms with Crippen LogP contribution in [0.2, 0.25) is 5.02 Å². The van der Waals surface area contributed by atoms with Crippen molar-refractivity contribution in [1.82, 2.24) is 5.32 Å². The standard InChI is InChI=1S/C18H27ClN2O2/c1-11(2)7-8-20-16(22)18(5,6)17(23)21-15-13(4)9-12(3)10-14(15)19/h9-11H,7-8H2,1-6H3,(H,20,22)(H,21,23). The third kappa shape index (κ3) is 5.24. The third-order valence-corrected chi connectivity index (χ3v) is 4.11. The maximum absolute atomic E-state index is 12.5.